The highest BCUT2D eigenvalue weighted by molar-refractivity contribution is 5.94. The molecular weight excluding hydrogens is 281 g/mol. The fourth-order valence-electron chi connectivity index (χ4n) is 2.50. The van der Waals surface area contributed by atoms with Crippen LogP contribution in [0.15, 0.2) is 30.6 Å². The summed E-state index contributed by atoms with van der Waals surface area (Å²) in [5.74, 6) is 0.147. The highest BCUT2D eigenvalue weighted by Crippen LogP contribution is 2.37. The molecular formula is C16H14FN5. The standard InChI is InChI=1S/C16H14FN5/c17-11-3-1-2-10(8-11)4-7-13-14-15(18)19-9-20-16(14)22(21-13)12-5-6-12/h1-4,7-9,12H,5-6H2,(H2,18,19,20)/b7-4+. The van der Waals surface area contributed by atoms with E-state index in [0.29, 0.717) is 17.6 Å². The van der Waals surface area contributed by atoms with E-state index in [1.807, 2.05) is 22.9 Å². The fraction of sp³-hybridized carbons (Fsp3) is 0.188. The van der Waals surface area contributed by atoms with Gasteiger partial charge >= 0.3 is 0 Å². The molecule has 0 bridgehead atoms. The van der Waals surface area contributed by atoms with E-state index in [9.17, 15) is 4.39 Å². The van der Waals surface area contributed by atoms with Crippen LogP contribution in [0.5, 0.6) is 0 Å². The highest BCUT2D eigenvalue weighted by atomic mass is 19.1. The molecule has 2 heterocycles. The second-order valence-corrected chi connectivity index (χ2v) is 5.41. The molecule has 0 radical (unpaired) electrons. The predicted molar refractivity (Wildman–Crippen MR) is 83.3 cm³/mol. The Bertz CT molecular complexity index is 879. The highest BCUT2D eigenvalue weighted by Gasteiger charge is 2.28. The number of hydrogen-bond acceptors (Lipinski definition) is 4. The predicted octanol–water partition coefficient (Wildman–Crippen LogP) is 3.05. The lowest BCUT2D eigenvalue weighted by Gasteiger charge is -1.98. The van der Waals surface area contributed by atoms with Crippen molar-refractivity contribution in [3.05, 3.63) is 47.7 Å². The van der Waals surface area contributed by atoms with Gasteiger partial charge in [-0.1, -0.05) is 18.2 Å². The van der Waals surface area contributed by atoms with Crippen LogP contribution in [0.25, 0.3) is 23.2 Å². The van der Waals surface area contributed by atoms with E-state index in [1.54, 1.807) is 6.07 Å². The molecule has 0 spiro atoms. The van der Waals surface area contributed by atoms with Crippen LogP contribution in [0, 0.1) is 5.82 Å². The van der Waals surface area contributed by atoms with Crippen molar-refractivity contribution in [1.82, 2.24) is 19.7 Å². The monoisotopic (exact) mass is 295 g/mol. The zero-order chi connectivity index (χ0) is 15.1. The van der Waals surface area contributed by atoms with Gasteiger partial charge in [0.05, 0.1) is 17.1 Å². The third kappa shape index (κ3) is 2.22. The number of hydrogen-bond donors (Lipinski definition) is 1. The first-order chi connectivity index (χ1) is 10.7. The van der Waals surface area contributed by atoms with Crippen molar-refractivity contribution in [2.75, 3.05) is 5.73 Å². The lowest BCUT2D eigenvalue weighted by molar-refractivity contribution is 0.627. The summed E-state index contributed by atoms with van der Waals surface area (Å²) >= 11 is 0. The molecule has 1 aromatic carbocycles. The minimum atomic E-state index is -0.265. The number of rotatable bonds is 3. The average Bonchev–Trinajstić information content (AvgIpc) is 3.27. The Labute approximate surface area is 126 Å². The summed E-state index contributed by atoms with van der Waals surface area (Å²) in [7, 11) is 0. The number of nitrogens with zero attached hydrogens (tertiary/aromatic N) is 4. The zero-order valence-corrected chi connectivity index (χ0v) is 11.8. The Balaban J connectivity index is 1.81. The van der Waals surface area contributed by atoms with E-state index >= 15 is 0 Å². The average molecular weight is 295 g/mol. The number of nitrogen functional groups attached to an aromatic ring is 1. The number of fused-ring (bicyclic) bond motifs is 1. The van der Waals surface area contributed by atoms with Crippen LogP contribution in [0.3, 0.4) is 0 Å². The number of nitrogens with two attached hydrogens (primary N) is 1. The van der Waals surface area contributed by atoms with E-state index < -0.39 is 0 Å². The second kappa shape index (κ2) is 4.91. The van der Waals surface area contributed by atoms with Crippen LogP contribution >= 0.6 is 0 Å². The lowest BCUT2D eigenvalue weighted by atomic mass is 10.2. The molecule has 5 nitrogen and oxygen atoms in total. The molecule has 0 atom stereocenters. The van der Waals surface area contributed by atoms with Gasteiger partial charge in [-0.3, -0.25) is 0 Å². The summed E-state index contributed by atoms with van der Waals surface area (Å²) in [5, 5.41) is 5.36. The smallest absolute Gasteiger partial charge is 0.164 e. The maximum absolute atomic E-state index is 13.2. The second-order valence-electron chi connectivity index (χ2n) is 5.41. The van der Waals surface area contributed by atoms with E-state index in [-0.39, 0.29) is 5.82 Å². The summed E-state index contributed by atoms with van der Waals surface area (Å²) in [5.41, 5.74) is 8.22. The molecule has 0 amide bonds. The number of aromatic nitrogens is 4. The third-order valence-electron chi connectivity index (χ3n) is 3.72. The van der Waals surface area contributed by atoms with E-state index in [2.05, 4.69) is 15.1 Å². The molecule has 4 rings (SSSR count). The minimum Gasteiger partial charge on any atom is -0.383 e. The minimum absolute atomic E-state index is 0.265. The van der Waals surface area contributed by atoms with Crippen molar-refractivity contribution >= 4 is 29.0 Å². The van der Waals surface area contributed by atoms with Crippen molar-refractivity contribution in [3.63, 3.8) is 0 Å². The number of benzene rings is 1. The van der Waals surface area contributed by atoms with Crippen molar-refractivity contribution < 1.29 is 4.39 Å². The lowest BCUT2D eigenvalue weighted by Crippen LogP contribution is -1.98. The maximum atomic E-state index is 13.2. The van der Waals surface area contributed by atoms with E-state index in [1.165, 1.54) is 18.5 Å². The van der Waals surface area contributed by atoms with Crippen LogP contribution in [-0.2, 0) is 0 Å². The summed E-state index contributed by atoms with van der Waals surface area (Å²) in [6.45, 7) is 0. The Hall–Kier alpha value is -2.76. The molecule has 110 valence electrons. The van der Waals surface area contributed by atoms with Crippen molar-refractivity contribution in [3.8, 4) is 0 Å². The molecule has 2 aromatic heterocycles. The van der Waals surface area contributed by atoms with Crippen molar-refractivity contribution in [2.45, 2.75) is 18.9 Å². The van der Waals surface area contributed by atoms with Gasteiger partial charge in [-0.05, 0) is 36.6 Å². The maximum Gasteiger partial charge on any atom is 0.164 e. The number of halogens is 1. The van der Waals surface area contributed by atoms with Gasteiger partial charge in [0.25, 0.3) is 0 Å². The molecule has 1 aliphatic rings. The SMILES string of the molecule is Nc1ncnc2c1c(/C=C/c1cccc(F)c1)nn2C1CC1. The van der Waals surface area contributed by atoms with E-state index in [4.69, 9.17) is 5.73 Å². The van der Waals surface area contributed by atoms with Gasteiger partial charge < -0.3 is 5.73 Å². The van der Waals surface area contributed by atoms with Gasteiger partial charge in [-0.15, -0.1) is 0 Å². The van der Waals surface area contributed by atoms with Crippen LogP contribution in [0.2, 0.25) is 0 Å². The Kier molecular flexibility index (Phi) is 2.89. The molecule has 1 aliphatic carbocycles. The summed E-state index contributed by atoms with van der Waals surface area (Å²) < 4.78 is 15.1. The normalized spacial score (nSPS) is 15.0. The van der Waals surface area contributed by atoms with Crippen LogP contribution in [-0.4, -0.2) is 19.7 Å². The van der Waals surface area contributed by atoms with Gasteiger partial charge in [0.1, 0.15) is 18.0 Å². The molecule has 22 heavy (non-hydrogen) atoms. The van der Waals surface area contributed by atoms with Gasteiger partial charge in [-0.25, -0.2) is 19.0 Å². The van der Waals surface area contributed by atoms with Crippen molar-refractivity contribution in [1.29, 1.82) is 0 Å². The molecule has 1 saturated carbocycles. The molecule has 1 fully saturated rings. The molecule has 2 N–H and O–H groups in total. The quantitative estimate of drug-likeness (QED) is 0.806. The molecule has 6 heteroatoms. The van der Waals surface area contributed by atoms with Gasteiger partial charge in [0.2, 0.25) is 0 Å². The topological polar surface area (TPSA) is 69.6 Å². The molecule has 0 saturated heterocycles. The summed E-state index contributed by atoms with van der Waals surface area (Å²) in [6.07, 6.45) is 7.31. The van der Waals surface area contributed by atoms with Crippen LogP contribution in [0.4, 0.5) is 10.2 Å². The summed E-state index contributed by atoms with van der Waals surface area (Å²) in [4.78, 5) is 8.36. The first-order valence-electron chi connectivity index (χ1n) is 7.15. The first-order valence-corrected chi connectivity index (χ1v) is 7.15. The largest absolute Gasteiger partial charge is 0.383 e. The van der Waals surface area contributed by atoms with Gasteiger partial charge in [0, 0.05) is 0 Å². The van der Waals surface area contributed by atoms with E-state index in [0.717, 1.165) is 29.4 Å². The molecule has 0 unspecified atom stereocenters. The Morgan fingerprint density at radius 2 is 2.09 bits per heavy atom. The first kappa shape index (κ1) is 12.9. The molecule has 3 aromatic rings. The molecule has 0 aliphatic heterocycles. The van der Waals surface area contributed by atoms with Gasteiger partial charge in [0.15, 0.2) is 5.65 Å². The van der Waals surface area contributed by atoms with Crippen LogP contribution < -0.4 is 5.73 Å². The number of anilines is 1. The third-order valence-corrected chi connectivity index (χ3v) is 3.72. The Morgan fingerprint density at radius 3 is 2.86 bits per heavy atom. The van der Waals surface area contributed by atoms with Crippen molar-refractivity contribution in [2.24, 2.45) is 0 Å². The fourth-order valence-corrected chi connectivity index (χ4v) is 2.50. The zero-order valence-electron chi connectivity index (χ0n) is 11.8. The van der Waals surface area contributed by atoms with Gasteiger partial charge in [-0.2, -0.15) is 5.10 Å². The Morgan fingerprint density at radius 1 is 1.23 bits per heavy atom. The van der Waals surface area contributed by atoms with Crippen LogP contribution in [0.1, 0.15) is 30.1 Å². The summed E-state index contributed by atoms with van der Waals surface area (Å²) in [6, 6.07) is 6.79.